The lowest BCUT2D eigenvalue weighted by Gasteiger charge is -2.32. The van der Waals surface area contributed by atoms with Crippen molar-refractivity contribution in [2.45, 2.75) is 17.7 Å². The van der Waals surface area contributed by atoms with Gasteiger partial charge in [0.05, 0.1) is 11.9 Å². The molecule has 98 valence electrons. The van der Waals surface area contributed by atoms with Crippen molar-refractivity contribution in [3.05, 3.63) is 30.6 Å². The fourth-order valence-electron chi connectivity index (χ4n) is 3.56. The van der Waals surface area contributed by atoms with Gasteiger partial charge in [-0.25, -0.2) is 0 Å². The molecule has 2 heterocycles. The average molecular weight is 272 g/mol. The van der Waals surface area contributed by atoms with Crippen LogP contribution in [-0.4, -0.2) is 23.2 Å². The number of pyridine rings is 1. The summed E-state index contributed by atoms with van der Waals surface area (Å²) in [4.78, 5) is 20.2. The lowest BCUT2D eigenvalue weighted by atomic mass is 9.92. The Morgan fingerprint density at radius 3 is 3.11 bits per heavy atom. The zero-order valence-corrected chi connectivity index (χ0v) is 11.5. The van der Waals surface area contributed by atoms with E-state index in [2.05, 4.69) is 17.1 Å². The summed E-state index contributed by atoms with van der Waals surface area (Å²) in [5.41, 5.74) is 1.01. The Morgan fingerprint density at radius 2 is 2.32 bits per heavy atom. The summed E-state index contributed by atoms with van der Waals surface area (Å²) >= 11 is 1.82. The van der Waals surface area contributed by atoms with Crippen LogP contribution in [0.4, 0.5) is 5.69 Å². The van der Waals surface area contributed by atoms with Crippen LogP contribution >= 0.6 is 11.8 Å². The quantitative estimate of drug-likeness (QED) is 0.737. The number of fused-ring (bicyclic) bond motifs is 3. The maximum absolute atomic E-state index is 12.8. The molecule has 1 aliphatic heterocycles. The topological polar surface area (TPSA) is 33.2 Å². The number of aromatic nitrogens is 1. The van der Waals surface area contributed by atoms with Crippen LogP contribution in [0.1, 0.15) is 12.8 Å². The van der Waals surface area contributed by atoms with Gasteiger partial charge in [0.15, 0.2) is 0 Å². The molecule has 1 fully saturated rings. The number of carbonyl (C=O) groups is 1. The van der Waals surface area contributed by atoms with Gasteiger partial charge in [-0.05, 0) is 30.7 Å². The summed E-state index contributed by atoms with van der Waals surface area (Å²) in [6, 6.07) is 2.01. The Bertz CT molecular complexity index is 557. The second kappa shape index (κ2) is 4.37. The van der Waals surface area contributed by atoms with Crippen LogP contribution in [-0.2, 0) is 4.79 Å². The van der Waals surface area contributed by atoms with E-state index in [1.165, 1.54) is 11.3 Å². The van der Waals surface area contributed by atoms with E-state index in [1.807, 2.05) is 28.9 Å². The first-order valence-corrected chi connectivity index (χ1v) is 7.88. The third-order valence-electron chi connectivity index (χ3n) is 4.49. The molecular weight excluding hydrogens is 256 g/mol. The predicted molar refractivity (Wildman–Crippen MR) is 76.2 cm³/mol. The molecule has 1 saturated carbocycles. The van der Waals surface area contributed by atoms with Crippen LogP contribution in [0.2, 0.25) is 0 Å². The molecule has 0 spiro atoms. The second-order valence-corrected chi connectivity index (χ2v) is 6.71. The third-order valence-corrected chi connectivity index (χ3v) is 5.53. The minimum absolute atomic E-state index is 0.200. The van der Waals surface area contributed by atoms with E-state index in [9.17, 15) is 4.79 Å². The smallest absolute Gasteiger partial charge is 0.230 e. The Labute approximate surface area is 117 Å². The van der Waals surface area contributed by atoms with Gasteiger partial charge in [0, 0.05) is 29.3 Å². The number of hydrogen-bond donors (Lipinski definition) is 0. The predicted octanol–water partition coefficient (Wildman–Crippen LogP) is 2.73. The van der Waals surface area contributed by atoms with Gasteiger partial charge in [-0.1, -0.05) is 12.2 Å². The summed E-state index contributed by atoms with van der Waals surface area (Å²) in [5.74, 6) is 2.62. The Hall–Kier alpha value is -1.29. The van der Waals surface area contributed by atoms with Gasteiger partial charge in [-0.3, -0.25) is 9.78 Å². The van der Waals surface area contributed by atoms with Gasteiger partial charge in [0.1, 0.15) is 0 Å². The molecular formula is C15H16N2OS. The number of thioether (sulfide) groups is 1. The molecule has 4 rings (SSSR count). The van der Waals surface area contributed by atoms with Crippen LogP contribution < -0.4 is 4.90 Å². The fourth-order valence-corrected chi connectivity index (χ4v) is 4.52. The van der Waals surface area contributed by atoms with Crippen molar-refractivity contribution in [2.24, 2.45) is 17.8 Å². The molecule has 19 heavy (non-hydrogen) atoms. The first kappa shape index (κ1) is 11.5. The Balaban J connectivity index is 1.63. The number of anilines is 1. The molecule has 3 atom stereocenters. The summed E-state index contributed by atoms with van der Waals surface area (Å²) in [6.45, 7) is 0.819. The number of nitrogens with zero attached hydrogens (tertiary/aromatic N) is 2. The van der Waals surface area contributed by atoms with E-state index in [0.29, 0.717) is 17.7 Å². The maximum Gasteiger partial charge on any atom is 0.230 e. The average Bonchev–Trinajstić information content (AvgIpc) is 3.08. The van der Waals surface area contributed by atoms with Crippen molar-refractivity contribution < 1.29 is 4.79 Å². The van der Waals surface area contributed by atoms with Crippen LogP contribution in [0.15, 0.2) is 35.5 Å². The highest BCUT2D eigenvalue weighted by Crippen LogP contribution is 2.45. The summed E-state index contributed by atoms with van der Waals surface area (Å²) in [7, 11) is 0. The highest BCUT2D eigenvalue weighted by Gasteiger charge is 2.42. The third kappa shape index (κ3) is 1.81. The van der Waals surface area contributed by atoms with Crippen LogP contribution in [0.25, 0.3) is 0 Å². The van der Waals surface area contributed by atoms with Crippen LogP contribution in [0.3, 0.4) is 0 Å². The molecule has 2 bridgehead atoms. The zero-order chi connectivity index (χ0) is 12.8. The molecule has 0 aromatic carbocycles. The van der Waals surface area contributed by atoms with Crippen LogP contribution in [0.5, 0.6) is 0 Å². The van der Waals surface area contributed by atoms with Crippen molar-refractivity contribution in [3.63, 3.8) is 0 Å². The monoisotopic (exact) mass is 272 g/mol. The fraction of sp³-hybridized carbons (Fsp3) is 0.467. The number of amides is 1. The minimum Gasteiger partial charge on any atom is -0.309 e. The first-order valence-electron chi connectivity index (χ1n) is 6.89. The standard InChI is InChI=1S/C15H16N2OS/c18-15(12-8-10-1-2-11(12)7-10)17-5-6-19-14-3-4-16-9-13(14)17/h1-4,9-12H,5-8H2. The van der Waals surface area contributed by atoms with Gasteiger partial charge in [0.25, 0.3) is 0 Å². The van der Waals surface area contributed by atoms with E-state index in [1.54, 1.807) is 6.20 Å². The molecule has 0 N–H and O–H groups in total. The number of allylic oxidation sites excluding steroid dienone is 2. The molecule has 3 nitrogen and oxygen atoms in total. The number of rotatable bonds is 1. The Morgan fingerprint density at radius 1 is 1.37 bits per heavy atom. The number of carbonyl (C=O) groups excluding carboxylic acids is 1. The maximum atomic E-state index is 12.8. The van der Waals surface area contributed by atoms with E-state index in [4.69, 9.17) is 0 Å². The molecule has 1 amide bonds. The van der Waals surface area contributed by atoms with Crippen molar-refractivity contribution in [2.75, 3.05) is 17.2 Å². The molecule has 0 saturated heterocycles. The summed E-state index contributed by atoms with van der Waals surface area (Å²) in [5, 5.41) is 0. The molecule has 1 aromatic heterocycles. The molecule has 0 radical (unpaired) electrons. The van der Waals surface area contributed by atoms with E-state index in [-0.39, 0.29) is 5.92 Å². The SMILES string of the molecule is O=C(C1CC2C=CC1C2)N1CCSc2ccncc21. The zero-order valence-electron chi connectivity index (χ0n) is 10.7. The Kier molecular flexibility index (Phi) is 2.65. The normalized spacial score (nSPS) is 31.6. The van der Waals surface area contributed by atoms with Crippen molar-refractivity contribution >= 4 is 23.4 Å². The molecule has 1 aromatic rings. The highest BCUT2D eigenvalue weighted by molar-refractivity contribution is 7.99. The van der Waals surface area contributed by atoms with Crippen molar-refractivity contribution in [3.8, 4) is 0 Å². The van der Waals surface area contributed by atoms with Crippen molar-refractivity contribution in [1.29, 1.82) is 0 Å². The van der Waals surface area contributed by atoms with Crippen molar-refractivity contribution in [1.82, 2.24) is 4.98 Å². The molecule has 3 unspecified atom stereocenters. The van der Waals surface area contributed by atoms with Gasteiger partial charge in [0.2, 0.25) is 5.91 Å². The second-order valence-electron chi connectivity index (χ2n) is 5.57. The highest BCUT2D eigenvalue weighted by atomic mass is 32.2. The van der Waals surface area contributed by atoms with Gasteiger partial charge in [-0.15, -0.1) is 11.8 Å². The van der Waals surface area contributed by atoms with Crippen LogP contribution in [0, 0.1) is 17.8 Å². The van der Waals surface area contributed by atoms with Gasteiger partial charge in [-0.2, -0.15) is 0 Å². The lowest BCUT2D eigenvalue weighted by molar-refractivity contribution is -0.123. The van der Waals surface area contributed by atoms with Gasteiger partial charge < -0.3 is 4.90 Å². The first-order chi connectivity index (χ1) is 9.33. The van der Waals surface area contributed by atoms with E-state index < -0.39 is 0 Å². The van der Waals surface area contributed by atoms with Gasteiger partial charge >= 0.3 is 0 Å². The summed E-state index contributed by atoms with van der Waals surface area (Å²) in [6.07, 6.45) is 10.4. The molecule has 4 heteroatoms. The summed E-state index contributed by atoms with van der Waals surface area (Å²) < 4.78 is 0. The van der Waals surface area contributed by atoms with E-state index >= 15 is 0 Å². The molecule has 2 aliphatic carbocycles. The van der Waals surface area contributed by atoms with E-state index in [0.717, 1.165) is 24.4 Å². The largest absolute Gasteiger partial charge is 0.309 e. The number of hydrogen-bond acceptors (Lipinski definition) is 3. The lowest BCUT2D eigenvalue weighted by Crippen LogP contribution is -2.41. The minimum atomic E-state index is 0.200. The molecule has 3 aliphatic rings.